The second-order valence-corrected chi connectivity index (χ2v) is 6.52. The van der Waals surface area contributed by atoms with Crippen LogP contribution < -0.4 is 5.32 Å². The van der Waals surface area contributed by atoms with Crippen LogP contribution in [0.2, 0.25) is 0 Å². The van der Waals surface area contributed by atoms with Gasteiger partial charge in [0.2, 0.25) is 5.91 Å². The van der Waals surface area contributed by atoms with E-state index >= 15 is 0 Å². The van der Waals surface area contributed by atoms with Gasteiger partial charge >= 0.3 is 0 Å². The van der Waals surface area contributed by atoms with Crippen LogP contribution in [0.5, 0.6) is 0 Å². The molecule has 1 aromatic heterocycles. The van der Waals surface area contributed by atoms with Crippen molar-refractivity contribution in [3.05, 3.63) is 53.6 Å². The van der Waals surface area contributed by atoms with Crippen molar-refractivity contribution >= 4 is 24.2 Å². The molecular formula is C18H22ClN5O2. The zero-order chi connectivity index (χ0) is 17.4. The fraction of sp³-hybridized carbons (Fsp3) is 0.389. The SMILES string of the molecule is Cl.Cn1ccnc1C1CNCCN1C(=O)CN1Cc2ccccc2C1=O. The lowest BCUT2D eigenvalue weighted by molar-refractivity contribution is -0.135. The van der Waals surface area contributed by atoms with Gasteiger partial charge in [0.05, 0.1) is 0 Å². The zero-order valence-electron chi connectivity index (χ0n) is 14.6. The predicted octanol–water partition coefficient (Wildman–Crippen LogP) is 0.971. The van der Waals surface area contributed by atoms with E-state index in [4.69, 9.17) is 0 Å². The molecule has 4 rings (SSSR count). The van der Waals surface area contributed by atoms with Crippen LogP contribution in [0.3, 0.4) is 0 Å². The molecule has 0 aliphatic carbocycles. The van der Waals surface area contributed by atoms with E-state index in [-0.39, 0.29) is 36.8 Å². The number of amides is 2. The lowest BCUT2D eigenvalue weighted by Gasteiger charge is -2.36. The molecule has 2 aliphatic rings. The molecule has 2 aromatic rings. The van der Waals surface area contributed by atoms with Gasteiger partial charge in [-0.3, -0.25) is 9.59 Å². The van der Waals surface area contributed by atoms with Crippen molar-refractivity contribution in [2.45, 2.75) is 12.6 Å². The summed E-state index contributed by atoms with van der Waals surface area (Å²) in [6.07, 6.45) is 3.63. The van der Waals surface area contributed by atoms with Crippen LogP contribution in [0.15, 0.2) is 36.7 Å². The number of rotatable bonds is 3. The van der Waals surface area contributed by atoms with Crippen molar-refractivity contribution in [2.75, 3.05) is 26.2 Å². The van der Waals surface area contributed by atoms with E-state index in [1.54, 1.807) is 11.1 Å². The van der Waals surface area contributed by atoms with Gasteiger partial charge in [-0.25, -0.2) is 4.98 Å². The van der Waals surface area contributed by atoms with Gasteiger partial charge < -0.3 is 19.7 Å². The first kappa shape index (κ1) is 18.4. The van der Waals surface area contributed by atoms with E-state index in [9.17, 15) is 9.59 Å². The van der Waals surface area contributed by atoms with E-state index in [2.05, 4.69) is 10.3 Å². The molecule has 0 spiro atoms. The number of carbonyl (C=O) groups is 2. The Morgan fingerprint density at radius 2 is 2.15 bits per heavy atom. The summed E-state index contributed by atoms with van der Waals surface area (Å²) in [7, 11) is 1.93. The molecule has 2 aliphatic heterocycles. The number of aromatic nitrogens is 2. The molecule has 1 aromatic carbocycles. The van der Waals surface area contributed by atoms with Gasteiger partial charge in [0.25, 0.3) is 5.91 Å². The van der Waals surface area contributed by atoms with Crippen LogP contribution >= 0.6 is 12.4 Å². The number of piperazine rings is 1. The highest BCUT2D eigenvalue weighted by Crippen LogP contribution is 2.24. The summed E-state index contributed by atoms with van der Waals surface area (Å²) in [5, 5.41) is 3.32. The molecule has 1 unspecified atom stereocenters. The number of aryl methyl sites for hydroxylation is 1. The maximum Gasteiger partial charge on any atom is 0.254 e. The van der Waals surface area contributed by atoms with Crippen molar-refractivity contribution in [1.82, 2.24) is 24.7 Å². The monoisotopic (exact) mass is 375 g/mol. The summed E-state index contributed by atoms with van der Waals surface area (Å²) in [6.45, 7) is 2.64. The normalized spacial score (nSPS) is 19.3. The molecule has 3 heterocycles. The summed E-state index contributed by atoms with van der Waals surface area (Å²) >= 11 is 0. The number of imidazole rings is 1. The Bertz CT molecular complexity index is 821. The molecule has 1 fully saturated rings. The Morgan fingerprint density at radius 1 is 1.35 bits per heavy atom. The topological polar surface area (TPSA) is 70.5 Å². The largest absolute Gasteiger partial charge is 0.336 e. The van der Waals surface area contributed by atoms with Crippen molar-refractivity contribution in [3.8, 4) is 0 Å². The van der Waals surface area contributed by atoms with Gasteiger partial charge in [-0.05, 0) is 11.6 Å². The first-order chi connectivity index (χ1) is 12.1. The molecule has 138 valence electrons. The quantitative estimate of drug-likeness (QED) is 0.867. The number of nitrogens with zero attached hydrogens (tertiary/aromatic N) is 4. The number of benzene rings is 1. The van der Waals surface area contributed by atoms with Crippen LogP contribution in [0, 0.1) is 0 Å². The minimum Gasteiger partial charge on any atom is -0.336 e. The Morgan fingerprint density at radius 3 is 2.88 bits per heavy atom. The molecule has 26 heavy (non-hydrogen) atoms. The number of carbonyl (C=O) groups excluding carboxylic acids is 2. The molecule has 2 amide bonds. The Hall–Kier alpha value is -2.38. The van der Waals surface area contributed by atoms with Crippen LogP contribution in [0.25, 0.3) is 0 Å². The number of halogens is 1. The smallest absolute Gasteiger partial charge is 0.254 e. The molecule has 0 bridgehead atoms. The van der Waals surface area contributed by atoms with Gasteiger partial charge in [-0.15, -0.1) is 12.4 Å². The fourth-order valence-corrected chi connectivity index (χ4v) is 3.63. The molecule has 1 atom stereocenters. The second kappa shape index (κ2) is 7.47. The number of hydrogen-bond donors (Lipinski definition) is 1. The third-order valence-corrected chi connectivity index (χ3v) is 4.94. The molecule has 1 N–H and O–H groups in total. The third kappa shape index (κ3) is 3.20. The van der Waals surface area contributed by atoms with E-state index < -0.39 is 0 Å². The van der Waals surface area contributed by atoms with Crippen LogP contribution in [-0.4, -0.2) is 57.3 Å². The summed E-state index contributed by atoms with van der Waals surface area (Å²) in [6, 6.07) is 7.43. The summed E-state index contributed by atoms with van der Waals surface area (Å²) in [5.41, 5.74) is 1.69. The zero-order valence-corrected chi connectivity index (χ0v) is 15.4. The fourth-order valence-electron chi connectivity index (χ4n) is 3.63. The minimum absolute atomic E-state index is 0. The van der Waals surface area contributed by atoms with Gasteiger partial charge in [-0.2, -0.15) is 0 Å². The van der Waals surface area contributed by atoms with Crippen LogP contribution in [0.1, 0.15) is 27.8 Å². The summed E-state index contributed by atoms with van der Waals surface area (Å²) in [5.74, 6) is 0.764. The van der Waals surface area contributed by atoms with E-state index in [0.29, 0.717) is 25.2 Å². The standard InChI is InChI=1S/C18H21N5O2.ClH/c1-21-8-7-20-17(21)15-10-19-6-9-23(15)16(24)12-22-11-13-4-2-3-5-14(13)18(22)25;/h2-5,7-8,15,19H,6,9-12H2,1H3;1H. The molecule has 7 nitrogen and oxygen atoms in total. The molecule has 1 saturated heterocycles. The number of hydrogen-bond acceptors (Lipinski definition) is 4. The Balaban J connectivity index is 0.00000196. The average Bonchev–Trinajstić information content (AvgIpc) is 3.19. The van der Waals surface area contributed by atoms with E-state index in [1.807, 2.05) is 47.0 Å². The highest BCUT2D eigenvalue weighted by atomic mass is 35.5. The second-order valence-electron chi connectivity index (χ2n) is 6.52. The lowest BCUT2D eigenvalue weighted by atomic mass is 10.1. The third-order valence-electron chi connectivity index (χ3n) is 4.94. The average molecular weight is 376 g/mol. The van der Waals surface area contributed by atoms with Gasteiger partial charge in [0.1, 0.15) is 18.4 Å². The molecule has 0 radical (unpaired) electrons. The Kier molecular flexibility index (Phi) is 5.29. The van der Waals surface area contributed by atoms with Gasteiger partial charge in [-0.1, -0.05) is 18.2 Å². The van der Waals surface area contributed by atoms with Gasteiger partial charge in [0, 0.05) is 51.2 Å². The highest BCUT2D eigenvalue weighted by molar-refractivity contribution is 6.00. The predicted molar refractivity (Wildman–Crippen MR) is 99.0 cm³/mol. The molecule has 8 heteroatoms. The highest BCUT2D eigenvalue weighted by Gasteiger charge is 2.34. The first-order valence-electron chi connectivity index (χ1n) is 8.49. The number of nitrogens with one attached hydrogen (secondary N) is 1. The molecule has 0 saturated carbocycles. The maximum atomic E-state index is 12.9. The van der Waals surface area contributed by atoms with E-state index in [1.165, 1.54) is 0 Å². The number of fused-ring (bicyclic) bond motifs is 1. The first-order valence-corrected chi connectivity index (χ1v) is 8.49. The van der Waals surface area contributed by atoms with Crippen LogP contribution in [-0.2, 0) is 18.4 Å². The Labute approximate surface area is 158 Å². The van der Waals surface area contributed by atoms with Crippen molar-refractivity contribution in [3.63, 3.8) is 0 Å². The van der Waals surface area contributed by atoms with Crippen LogP contribution in [0.4, 0.5) is 0 Å². The van der Waals surface area contributed by atoms with Gasteiger partial charge in [0.15, 0.2) is 0 Å². The molecular weight excluding hydrogens is 354 g/mol. The lowest BCUT2D eigenvalue weighted by Crippen LogP contribution is -2.52. The summed E-state index contributed by atoms with van der Waals surface area (Å²) in [4.78, 5) is 33.3. The maximum absolute atomic E-state index is 12.9. The minimum atomic E-state index is -0.110. The summed E-state index contributed by atoms with van der Waals surface area (Å²) < 4.78 is 1.94. The van der Waals surface area contributed by atoms with Crippen molar-refractivity contribution in [1.29, 1.82) is 0 Å². The van der Waals surface area contributed by atoms with Crippen molar-refractivity contribution < 1.29 is 9.59 Å². The van der Waals surface area contributed by atoms with E-state index in [0.717, 1.165) is 17.9 Å². The van der Waals surface area contributed by atoms with Crippen molar-refractivity contribution in [2.24, 2.45) is 7.05 Å².